The van der Waals surface area contributed by atoms with Crippen LogP contribution in [-0.4, -0.2) is 6.26 Å². The molecular formula is C13H18S. The summed E-state index contributed by atoms with van der Waals surface area (Å²) in [6.45, 7) is 8.28. The van der Waals surface area contributed by atoms with Gasteiger partial charge in [-0.2, -0.15) is 0 Å². The van der Waals surface area contributed by atoms with Gasteiger partial charge in [-0.25, -0.2) is 0 Å². The summed E-state index contributed by atoms with van der Waals surface area (Å²) >= 11 is 1.83. The highest BCUT2D eigenvalue weighted by Crippen LogP contribution is 2.29. The highest BCUT2D eigenvalue weighted by molar-refractivity contribution is 7.98. The van der Waals surface area contributed by atoms with E-state index >= 15 is 0 Å². The predicted octanol–water partition coefficient (Wildman–Crippen LogP) is 4.26. The van der Waals surface area contributed by atoms with E-state index < -0.39 is 0 Å². The molecule has 1 rings (SSSR count). The van der Waals surface area contributed by atoms with Gasteiger partial charge in [0.1, 0.15) is 0 Å². The first-order valence-electron chi connectivity index (χ1n) is 5.02. The summed E-state index contributed by atoms with van der Waals surface area (Å²) in [5.41, 5.74) is 2.90. The molecule has 0 amide bonds. The smallest absolute Gasteiger partial charge is 0.0104 e. The fourth-order valence-corrected chi connectivity index (χ4v) is 2.43. The Morgan fingerprint density at radius 3 is 2.71 bits per heavy atom. The van der Waals surface area contributed by atoms with Crippen LogP contribution in [0.15, 0.2) is 35.7 Å². The van der Waals surface area contributed by atoms with Crippen LogP contribution in [0.1, 0.15) is 30.9 Å². The average Bonchev–Trinajstić information content (AvgIpc) is 2.26. The molecule has 0 nitrogen and oxygen atoms in total. The second-order valence-corrected chi connectivity index (χ2v) is 4.25. The minimum absolute atomic E-state index is 0.456. The van der Waals surface area contributed by atoms with E-state index in [4.69, 9.17) is 0 Å². The Bertz CT molecular complexity index is 315. The van der Waals surface area contributed by atoms with Crippen molar-refractivity contribution in [1.82, 2.24) is 0 Å². The second-order valence-electron chi connectivity index (χ2n) is 3.41. The van der Waals surface area contributed by atoms with E-state index in [1.54, 1.807) is 0 Å². The molecule has 1 heteroatoms. The van der Waals surface area contributed by atoms with Crippen LogP contribution in [0.4, 0.5) is 0 Å². The minimum atomic E-state index is 0.456. The van der Waals surface area contributed by atoms with Gasteiger partial charge < -0.3 is 0 Å². The SMILES string of the molecule is C=CC(C)c1cccc(SC)c1CC. The number of rotatable bonds is 4. The van der Waals surface area contributed by atoms with Crippen LogP contribution < -0.4 is 0 Å². The molecule has 0 saturated carbocycles. The molecule has 76 valence electrons. The Balaban J connectivity index is 3.21. The van der Waals surface area contributed by atoms with Crippen molar-refractivity contribution >= 4 is 11.8 Å². The summed E-state index contributed by atoms with van der Waals surface area (Å²) in [6, 6.07) is 6.55. The molecule has 1 aromatic carbocycles. The van der Waals surface area contributed by atoms with Crippen LogP contribution in [0.3, 0.4) is 0 Å². The maximum Gasteiger partial charge on any atom is 0.0104 e. The van der Waals surface area contributed by atoms with E-state index in [2.05, 4.69) is 44.9 Å². The second kappa shape index (κ2) is 5.26. The third kappa shape index (κ3) is 2.21. The molecule has 0 N–H and O–H groups in total. The molecule has 1 unspecified atom stereocenters. The topological polar surface area (TPSA) is 0 Å². The zero-order valence-corrected chi connectivity index (χ0v) is 10.0. The first-order chi connectivity index (χ1) is 6.74. The lowest BCUT2D eigenvalue weighted by Crippen LogP contribution is -1.97. The van der Waals surface area contributed by atoms with Gasteiger partial charge in [-0.15, -0.1) is 18.3 Å². The summed E-state index contributed by atoms with van der Waals surface area (Å²) in [4.78, 5) is 1.40. The van der Waals surface area contributed by atoms with Crippen molar-refractivity contribution in [3.63, 3.8) is 0 Å². The number of benzene rings is 1. The van der Waals surface area contributed by atoms with Gasteiger partial charge in [0.2, 0.25) is 0 Å². The van der Waals surface area contributed by atoms with Crippen LogP contribution >= 0.6 is 11.8 Å². The Morgan fingerprint density at radius 1 is 1.50 bits per heavy atom. The molecule has 0 aliphatic heterocycles. The summed E-state index contributed by atoms with van der Waals surface area (Å²) in [5.74, 6) is 0.456. The van der Waals surface area contributed by atoms with Gasteiger partial charge in [0, 0.05) is 4.90 Å². The van der Waals surface area contributed by atoms with Gasteiger partial charge in [0.15, 0.2) is 0 Å². The molecule has 0 aliphatic rings. The standard InChI is InChI=1S/C13H18S/c1-5-10(3)12-8-7-9-13(14-4)11(12)6-2/h5,7-10H,1,6H2,2-4H3. The first-order valence-corrected chi connectivity index (χ1v) is 6.25. The molecule has 0 fully saturated rings. The van der Waals surface area contributed by atoms with Gasteiger partial charge >= 0.3 is 0 Å². The van der Waals surface area contributed by atoms with Gasteiger partial charge in [-0.3, -0.25) is 0 Å². The van der Waals surface area contributed by atoms with Crippen molar-refractivity contribution in [3.05, 3.63) is 42.0 Å². The summed E-state index contributed by atoms with van der Waals surface area (Å²) in [6.07, 6.45) is 5.25. The van der Waals surface area contributed by atoms with Crippen molar-refractivity contribution < 1.29 is 0 Å². The van der Waals surface area contributed by atoms with Crippen LogP contribution in [0.25, 0.3) is 0 Å². The van der Waals surface area contributed by atoms with Gasteiger partial charge in [0.25, 0.3) is 0 Å². The molecule has 1 aromatic rings. The van der Waals surface area contributed by atoms with Crippen LogP contribution in [0.5, 0.6) is 0 Å². The maximum absolute atomic E-state index is 3.86. The molecule has 0 aromatic heterocycles. The molecule has 0 spiro atoms. The predicted molar refractivity (Wildman–Crippen MR) is 66.2 cm³/mol. The number of thioether (sulfide) groups is 1. The van der Waals surface area contributed by atoms with E-state index in [-0.39, 0.29) is 0 Å². The largest absolute Gasteiger partial charge is 0.129 e. The molecule has 0 aliphatic carbocycles. The van der Waals surface area contributed by atoms with E-state index in [0.29, 0.717) is 5.92 Å². The summed E-state index contributed by atoms with van der Waals surface area (Å²) in [7, 11) is 0. The lowest BCUT2D eigenvalue weighted by atomic mass is 9.94. The normalized spacial score (nSPS) is 12.5. The molecule has 0 bridgehead atoms. The summed E-state index contributed by atoms with van der Waals surface area (Å²) in [5, 5.41) is 0. The van der Waals surface area contributed by atoms with Crippen molar-refractivity contribution in [3.8, 4) is 0 Å². The molecular weight excluding hydrogens is 188 g/mol. The summed E-state index contributed by atoms with van der Waals surface area (Å²) < 4.78 is 0. The number of hydrogen-bond donors (Lipinski definition) is 0. The third-order valence-corrected chi connectivity index (χ3v) is 3.41. The van der Waals surface area contributed by atoms with Crippen LogP contribution in [-0.2, 0) is 6.42 Å². The van der Waals surface area contributed by atoms with Crippen molar-refractivity contribution in [2.24, 2.45) is 0 Å². The molecule has 0 saturated heterocycles. The molecule has 1 atom stereocenters. The highest BCUT2D eigenvalue weighted by Gasteiger charge is 2.09. The van der Waals surface area contributed by atoms with E-state index in [0.717, 1.165) is 6.42 Å². The van der Waals surface area contributed by atoms with Gasteiger partial charge in [0.05, 0.1) is 0 Å². The van der Waals surface area contributed by atoms with Crippen molar-refractivity contribution in [2.75, 3.05) is 6.26 Å². The Kier molecular flexibility index (Phi) is 4.27. The monoisotopic (exact) mass is 206 g/mol. The third-order valence-electron chi connectivity index (χ3n) is 2.59. The molecule has 0 heterocycles. The molecule has 0 radical (unpaired) electrons. The van der Waals surface area contributed by atoms with Gasteiger partial charge in [-0.05, 0) is 35.8 Å². The Morgan fingerprint density at radius 2 is 2.21 bits per heavy atom. The number of hydrogen-bond acceptors (Lipinski definition) is 1. The zero-order valence-electron chi connectivity index (χ0n) is 9.21. The fourth-order valence-electron chi connectivity index (χ4n) is 1.71. The Hall–Kier alpha value is -0.690. The molecule has 14 heavy (non-hydrogen) atoms. The van der Waals surface area contributed by atoms with Gasteiger partial charge in [-0.1, -0.05) is 32.1 Å². The van der Waals surface area contributed by atoms with Crippen molar-refractivity contribution in [2.45, 2.75) is 31.1 Å². The Labute approximate surface area is 91.4 Å². The minimum Gasteiger partial charge on any atom is -0.129 e. The zero-order chi connectivity index (χ0) is 10.6. The van der Waals surface area contributed by atoms with E-state index in [1.807, 2.05) is 17.8 Å². The average molecular weight is 206 g/mol. The van der Waals surface area contributed by atoms with Crippen molar-refractivity contribution in [1.29, 1.82) is 0 Å². The lowest BCUT2D eigenvalue weighted by molar-refractivity contribution is 0.912. The quantitative estimate of drug-likeness (QED) is 0.524. The van der Waals surface area contributed by atoms with E-state index in [9.17, 15) is 0 Å². The fraction of sp³-hybridized carbons (Fsp3) is 0.385. The highest BCUT2D eigenvalue weighted by atomic mass is 32.2. The lowest BCUT2D eigenvalue weighted by Gasteiger charge is -2.15. The number of allylic oxidation sites excluding steroid dienone is 1. The van der Waals surface area contributed by atoms with Crippen LogP contribution in [0, 0.1) is 0 Å². The van der Waals surface area contributed by atoms with E-state index in [1.165, 1.54) is 16.0 Å². The maximum atomic E-state index is 3.86. The first kappa shape index (κ1) is 11.4. The van der Waals surface area contributed by atoms with Crippen LogP contribution in [0.2, 0.25) is 0 Å².